The maximum atomic E-state index is 12.6. The number of carbonyl (C=O) groups is 1. The van der Waals surface area contributed by atoms with Gasteiger partial charge in [-0.25, -0.2) is 13.2 Å². The van der Waals surface area contributed by atoms with Gasteiger partial charge in [-0.05, 0) is 36.4 Å². The van der Waals surface area contributed by atoms with Gasteiger partial charge in [0, 0.05) is 23.7 Å². The van der Waals surface area contributed by atoms with E-state index in [1.54, 1.807) is 36.4 Å². The molecule has 1 aliphatic rings. The molecule has 142 valence electrons. The number of nitrogens with zero attached hydrogens (tertiary/aromatic N) is 2. The number of thiophene rings is 1. The van der Waals surface area contributed by atoms with E-state index in [1.165, 1.54) is 4.31 Å². The van der Waals surface area contributed by atoms with Crippen molar-refractivity contribution >= 4 is 33.1 Å². The molecule has 2 heterocycles. The number of nitrogens with one attached hydrogen (secondary N) is 2. The average molecular weight is 406 g/mol. The van der Waals surface area contributed by atoms with Crippen LogP contribution in [-0.4, -0.2) is 45.1 Å². The Bertz CT molecular complexity index is 942. The van der Waals surface area contributed by atoms with Gasteiger partial charge < -0.3 is 15.4 Å². The highest BCUT2D eigenvalue weighted by Gasteiger charge is 2.27. The topological polar surface area (TPSA) is 112 Å². The van der Waals surface area contributed by atoms with Crippen LogP contribution in [-0.2, 0) is 21.3 Å². The Kier molecular flexibility index (Phi) is 6.08. The highest BCUT2D eigenvalue weighted by atomic mass is 32.2. The van der Waals surface area contributed by atoms with E-state index in [-0.39, 0.29) is 10.8 Å². The van der Waals surface area contributed by atoms with Crippen LogP contribution in [0.15, 0.2) is 40.6 Å². The summed E-state index contributed by atoms with van der Waals surface area (Å²) >= 11 is 1.14. The van der Waals surface area contributed by atoms with Gasteiger partial charge in [-0.15, -0.1) is 11.3 Å². The fourth-order valence-electron chi connectivity index (χ4n) is 2.48. The summed E-state index contributed by atoms with van der Waals surface area (Å²) in [6.45, 7) is 1.70. The van der Waals surface area contributed by atoms with Crippen LogP contribution >= 0.6 is 11.3 Å². The molecule has 3 rings (SSSR count). The maximum Gasteiger partial charge on any atom is 0.319 e. The third-order valence-corrected chi connectivity index (χ3v) is 7.35. The second-order valence-electron chi connectivity index (χ2n) is 5.73. The van der Waals surface area contributed by atoms with Crippen LogP contribution in [0.4, 0.5) is 10.5 Å². The van der Waals surface area contributed by atoms with Crippen molar-refractivity contribution in [3.8, 4) is 6.07 Å². The number of anilines is 1. The molecule has 2 aromatic rings. The van der Waals surface area contributed by atoms with Gasteiger partial charge in [0.1, 0.15) is 4.21 Å². The van der Waals surface area contributed by atoms with Gasteiger partial charge in [-0.3, -0.25) is 0 Å². The van der Waals surface area contributed by atoms with E-state index >= 15 is 0 Å². The molecule has 1 aromatic heterocycles. The molecular weight excluding hydrogens is 388 g/mol. The summed E-state index contributed by atoms with van der Waals surface area (Å²) in [6, 6.07) is 11.3. The lowest BCUT2D eigenvalue weighted by molar-refractivity contribution is 0.0731. The summed E-state index contributed by atoms with van der Waals surface area (Å²) in [5.41, 5.74) is 1.07. The van der Waals surface area contributed by atoms with Crippen molar-refractivity contribution in [1.82, 2.24) is 9.62 Å². The van der Waals surface area contributed by atoms with Crippen molar-refractivity contribution in [2.45, 2.75) is 10.8 Å². The summed E-state index contributed by atoms with van der Waals surface area (Å²) < 4.78 is 32.0. The average Bonchev–Trinajstić information content (AvgIpc) is 3.18. The molecule has 1 aromatic carbocycles. The second kappa shape index (κ2) is 8.49. The quantitative estimate of drug-likeness (QED) is 0.788. The fraction of sp³-hybridized carbons (Fsp3) is 0.294. The van der Waals surface area contributed by atoms with Gasteiger partial charge >= 0.3 is 6.03 Å². The number of carbonyl (C=O) groups excluding carboxylic acids is 1. The van der Waals surface area contributed by atoms with E-state index in [9.17, 15) is 13.2 Å². The maximum absolute atomic E-state index is 12.6. The first-order valence-electron chi connectivity index (χ1n) is 8.20. The zero-order valence-corrected chi connectivity index (χ0v) is 16.0. The lowest BCUT2D eigenvalue weighted by Crippen LogP contribution is -2.40. The first-order valence-corrected chi connectivity index (χ1v) is 10.5. The van der Waals surface area contributed by atoms with Crippen LogP contribution in [0.25, 0.3) is 0 Å². The Balaban J connectivity index is 1.55. The Morgan fingerprint density at radius 2 is 1.89 bits per heavy atom. The van der Waals surface area contributed by atoms with Gasteiger partial charge in [0.05, 0.1) is 31.4 Å². The molecule has 0 spiro atoms. The first-order chi connectivity index (χ1) is 13.0. The molecule has 0 bridgehead atoms. The Labute approximate surface area is 161 Å². The largest absolute Gasteiger partial charge is 0.379 e. The van der Waals surface area contributed by atoms with Gasteiger partial charge in [-0.2, -0.15) is 9.57 Å². The smallest absolute Gasteiger partial charge is 0.319 e. The van der Waals surface area contributed by atoms with Gasteiger partial charge in [0.25, 0.3) is 10.0 Å². The van der Waals surface area contributed by atoms with E-state index in [2.05, 4.69) is 10.6 Å². The van der Waals surface area contributed by atoms with Crippen molar-refractivity contribution in [3.05, 3.63) is 46.8 Å². The minimum absolute atomic E-state index is 0.214. The molecule has 27 heavy (non-hydrogen) atoms. The molecule has 2 amide bonds. The number of hydrogen-bond donors (Lipinski definition) is 2. The third kappa shape index (κ3) is 4.84. The minimum Gasteiger partial charge on any atom is -0.379 e. The highest BCUT2D eigenvalue weighted by Crippen LogP contribution is 2.25. The molecule has 0 atom stereocenters. The number of benzene rings is 1. The number of sulfonamides is 1. The van der Waals surface area contributed by atoms with Gasteiger partial charge in [0.15, 0.2) is 0 Å². The summed E-state index contributed by atoms with van der Waals surface area (Å²) in [6.07, 6.45) is 0. The van der Waals surface area contributed by atoms with Gasteiger partial charge in [-0.1, -0.05) is 0 Å². The van der Waals surface area contributed by atoms with Crippen molar-refractivity contribution in [2.75, 3.05) is 31.6 Å². The molecule has 0 radical (unpaired) electrons. The Morgan fingerprint density at radius 3 is 2.56 bits per heavy atom. The SMILES string of the molecule is N#Cc1ccc(NC(=O)NCc2ccc(S(=O)(=O)N3CCOCC3)s2)cc1. The first kappa shape index (κ1) is 19.3. The van der Waals surface area contributed by atoms with Crippen LogP contribution in [0.1, 0.15) is 10.4 Å². The number of amides is 2. The lowest BCUT2D eigenvalue weighted by atomic mass is 10.2. The van der Waals surface area contributed by atoms with Crippen molar-refractivity contribution in [3.63, 3.8) is 0 Å². The number of nitriles is 1. The highest BCUT2D eigenvalue weighted by molar-refractivity contribution is 7.91. The number of urea groups is 1. The third-order valence-electron chi connectivity index (χ3n) is 3.90. The van der Waals surface area contributed by atoms with E-state index in [0.717, 1.165) is 16.2 Å². The predicted octanol–water partition coefficient (Wildman–Crippen LogP) is 1.96. The molecule has 0 aliphatic carbocycles. The lowest BCUT2D eigenvalue weighted by Gasteiger charge is -2.25. The number of hydrogen-bond acceptors (Lipinski definition) is 6. The predicted molar refractivity (Wildman–Crippen MR) is 101 cm³/mol. The summed E-state index contributed by atoms with van der Waals surface area (Å²) in [5.74, 6) is 0. The standard InChI is InChI=1S/C17H18N4O4S2/c18-11-13-1-3-14(4-2-13)20-17(22)19-12-15-5-6-16(26-15)27(23,24)21-7-9-25-10-8-21/h1-6H,7-10,12H2,(H2,19,20,22). The molecule has 2 N–H and O–H groups in total. The minimum atomic E-state index is -3.52. The zero-order valence-electron chi connectivity index (χ0n) is 14.3. The number of rotatable bonds is 5. The normalized spacial score (nSPS) is 15.1. The molecule has 0 saturated carbocycles. The molecule has 1 aliphatic heterocycles. The van der Waals surface area contributed by atoms with E-state index in [0.29, 0.717) is 37.6 Å². The van der Waals surface area contributed by atoms with Gasteiger partial charge in [0.2, 0.25) is 0 Å². The van der Waals surface area contributed by atoms with Crippen LogP contribution in [0.3, 0.4) is 0 Å². The number of ether oxygens (including phenoxy) is 1. The molecule has 1 saturated heterocycles. The van der Waals surface area contributed by atoms with Crippen molar-refractivity contribution in [2.24, 2.45) is 0 Å². The van der Waals surface area contributed by atoms with Crippen molar-refractivity contribution in [1.29, 1.82) is 5.26 Å². The van der Waals surface area contributed by atoms with Crippen molar-refractivity contribution < 1.29 is 17.9 Å². The van der Waals surface area contributed by atoms with E-state index < -0.39 is 16.1 Å². The van der Waals surface area contributed by atoms with E-state index in [1.807, 2.05) is 6.07 Å². The monoisotopic (exact) mass is 406 g/mol. The Morgan fingerprint density at radius 1 is 1.19 bits per heavy atom. The molecule has 10 heteroatoms. The van der Waals surface area contributed by atoms with Crippen LogP contribution in [0, 0.1) is 11.3 Å². The van der Waals surface area contributed by atoms with Crippen LogP contribution in [0.2, 0.25) is 0 Å². The summed E-state index contributed by atoms with van der Waals surface area (Å²) in [5, 5.41) is 14.1. The summed E-state index contributed by atoms with van der Waals surface area (Å²) in [7, 11) is -3.52. The molecular formula is C17H18N4O4S2. The zero-order chi connectivity index (χ0) is 19.3. The number of morpholine rings is 1. The molecule has 8 nitrogen and oxygen atoms in total. The molecule has 0 unspecified atom stereocenters. The van der Waals surface area contributed by atoms with Crippen LogP contribution in [0.5, 0.6) is 0 Å². The summed E-state index contributed by atoms with van der Waals surface area (Å²) in [4.78, 5) is 12.7. The second-order valence-corrected chi connectivity index (χ2v) is 9.07. The molecule has 1 fully saturated rings. The van der Waals surface area contributed by atoms with Crippen LogP contribution < -0.4 is 10.6 Å². The Hall–Kier alpha value is -2.45. The van der Waals surface area contributed by atoms with E-state index in [4.69, 9.17) is 10.00 Å². The fourth-order valence-corrected chi connectivity index (χ4v) is 5.33.